The largest absolute Gasteiger partial charge is 0.387 e. The number of nitrogens with one attached hydrogen (secondary N) is 2. The van der Waals surface area contributed by atoms with E-state index in [1.165, 1.54) is 0 Å². The van der Waals surface area contributed by atoms with Crippen molar-refractivity contribution < 1.29 is 4.79 Å². The van der Waals surface area contributed by atoms with E-state index >= 15 is 0 Å². The van der Waals surface area contributed by atoms with E-state index in [9.17, 15) is 4.79 Å². The van der Waals surface area contributed by atoms with Crippen molar-refractivity contribution in [3.05, 3.63) is 59.1 Å². The molecule has 0 aliphatic heterocycles. The zero-order chi connectivity index (χ0) is 13.0. The van der Waals surface area contributed by atoms with Crippen LogP contribution in [0.15, 0.2) is 48.5 Å². The lowest BCUT2D eigenvalue weighted by atomic mass is 10.1. The zero-order valence-electron chi connectivity index (χ0n) is 9.91. The normalized spacial score (nSPS) is 9.89. The van der Waals surface area contributed by atoms with Gasteiger partial charge in [-0.3, -0.25) is 4.79 Å². The summed E-state index contributed by atoms with van der Waals surface area (Å²) in [4.78, 5) is 12.1. The number of halogens is 1. The SMILES string of the molecule is CNc1ccccc1C(=O)Nc1ccc(Cl)cc1. The van der Waals surface area contributed by atoms with Crippen molar-refractivity contribution in [2.75, 3.05) is 17.7 Å². The molecule has 0 bridgehead atoms. The lowest BCUT2D eigenvalue weighted by Crippen LogP contribution is -2.13. The van der Waals surface area contributed by atoms with Gasteiger partial charge in [-0.15, -0.1) is 0 Å². The van der Waals surface area contributed by atoms with Crippen molar-refractivity contribution >= 4 is 28.9 Å². The Balaban J connectivity index is 2.19. The molecule has 2 aromatic rings. The summed E-state index contributed by atoms with van der Waals surface area (Å²) in [5.41, 5.74) is 2.12. The number of amides is 1. The summed E-state index contributed by atoms with van der Waals surface area (Å²) in [5.74, 6) is -0.151. The van der Waals surface area contributed by atoms with Gasteiger partial charge in [0.2, 0.25) is 0 Å². The van der Waals surface area contributed by atoms with Crippen LogP contribution in [0.5, 0.6) is 0 Å². The monoisotopic (exact) mass is 260 g/mol. The quantitative estimate of drug-likeness (QED) is 0.885. The molecule has 0 spiro atoms. The van der Waals surface area contributed by atoms with Gasteiger partial charge in [-0.25, -0.2) is 0 Å². The number of para-hydroxylation sites is 1. The van der Waals surface area contributed by atoms with Gasteiger partial charge in [0.15, 0.2) is 0 Å². The standard InChI is InChI=1S/C14H13ClN2O/c1-16-13-5-3-2-4-12(13)14(18)17-11-8-6-10(15)7-9-11/h2-9,16H,1H3,(H,17,18). The van der Waals surface area contributed by atoms with Crippen LogP contribution in [0.1, 0.15) is 10.4 Å². The molecule has 0 aromatic heterocycles. The van der Waals surface area contributed by atoms with Gasteiger partial charge >= 0.3 is 0 Å². The first kappa shape index (κ1) is 12.5. The minimum Gasteiger partial charge on any atom is -0.387 e. The van der Waals surface area contributed by atoms with Crippen LogP contribution in [0.25, 0.3) is 0 Å². The van der Waals surface area contributed by atoms with Gasteiger partial charge in [-0.2, -0.15) is 0 Å². The fourth-order valence-electron chi connectivity index (χ4n) is 1.63. The van der Waals surface area contributed by atoms with Crippen LogP contribution in [0.3, 0.4) is 0 Å². The van der Waals surface area contributed by atoms with Gasteiger partial charge in [0.1, 0.15) is 0 Å². The van der Waals surface area contributed by atoms with Gasteiger partial charge in [0.05, 0.1) is 5.56 Å². The number of rotatable bonds is 3. The van der Waals surface area contributed by atoms with Gasteiger partial charge in [0, 0.05) is 23.4 Å². The smallest absolute Gasteiger partial charge is 0.257 e. The maximum atomic E-state index is 12.1. The van der Waals surface area contributed by atoms with E-state index in [1.807, 2.05) is 18.2 Å². The van der Waals surface area contributed by atoms with Gasteiger partial charge in [-0.05, 0) is 36.4 Å². The van der Waals surface area contributed by atoms with E-state index in [1.54, 1.807) is 37.4 Å². The lowest BCUT2D eigenvalue weighted by molar-refractivity contribution is 0.102. The van der Waals surface area contributed by atoms with E-state index < -0.39 is 0 Å². The molecule has 2 N–H and O–H groups in total. The second-order valence-electron chi connectivity index (χ2n) is 3.76. The molecule has 0 saturated heterocycles. The van der Waals surface area contributed by atoms with Gasteiger partial charge < -0.3 is 10.6 Å². The highest BCUT2D eigenvalue weighted by Crippen LogP contribution is 2.18. The second kappa shape index (κ2) is 5.56. The first-order valence-corrected chi connectivity index (χ1v) is 5.92. The van der Waals surface area contributed by atoms with Crippen molar-refractivity contribution in [1.29, 1.82) is 0 Å². The molecule has 4 heteroatoms. The van der Waals surface area contributed by atoms with Crippen LogP contribution in [0, 0.1) is 0 Å². The minimum atomic E-state index is -0.151. The highest BCUT2D eigenvalue weighted by atomic mass is 35.5. The van der Waals surface area contributed by atoms with E-state index in [0.717, 1.165) is 11.4 Å². The summed E-state index contributed by atoms with van der Waals surface area (Å²) in [6, 6.07) is 14.4. The molecule has 0 atom stereocenters. The second-order valence-corrected chi connectivity index (χ2v) is 4.19. The summed E-state index contributed by atoms with van der Waals surface area (Å²) in [7, 11) is 1.79. The van der Waals surface area contributed by atoms with E-state index in [-0.39, 0.29) is 5.91 Å². The number of carbonyl (C=O) groups is 1. The van der Waals surface area contributed by atoms with E-state index in [4.69, 9.17) is 11.6 Å². The molecule has 2 aromatic carbocycles. The molecule has 0 radical (unpaired) electrons. The van der Waals surface area contributed by atoms with Crippen LogP contribution in [0.2, 0.25) is 5.02 Å². The Morgan fingerprint density at radius 2 is 1.72 bits per heavy atom. The van der Waals surface area contributed by atoms with Crippen molar-refractivity contribution in [3.8, 4) is 0 Å². The molecule has 0 heterocycles. The predicted octanol–water partition coefficient (Wildman–Crippen LogP) is 3.63. The maximum Gasteiger partial charge on any atom is 0.257 e. The summed E-state index contributed by atoms with van der Waals surface area (Å²) in [5, 5.41) is 6.45. The third kappa shape index (κ3) is 2.81. The molecule has 3 nitrogen and oxygen atoms in total. The molecule has 0 aliphatic carbocycles. The fraction of sp³-hybridized carbons (Fsp3) is 0.0714. The molecule has 92 valence electrons. The molecule has 0 fully saturated rings. The third-order valence-corrected chi connectivity index (χ3v) is 2.80. The maximum absolute atomic E-state index is 12.1. The van der Waals surface area contributed by atoms with Crippen LogP contribution in [-0.4, -0.2) is 13.0 Å². The summed E-state index contributed by atoms with van der Waals surface area (Å²) >= 11 is 5.79. The Morgan fingerprint density at radius 1 is 1.06 bits per heavy atom. The number of carbonyl (C=O) groups excluding carboxylic acids is 1. The average molecular weight is 261 g/mol. The highest BCUT2D eigenvalue weighted by Gasteiger charge is 2.09. The topological polar surface area (TPSA) is 41.1 Å². The molecule has 0 aliphatic rings. The van der Waals surface area contributed by atoms with Crippen molar-refractivity contribution in [2.45, 2.75) is 0 Å². The van der Waals surface area contributed by atoms with Crippen LogP contribution >= 0.6 is 11.6 Å². The molecule has 0 unspecified atom stereocenters. The molecule has 0 saturated carbocycles. The minimum absolute atomic E-state index is 0.151. The number of hydrogen-bond donors (Lipinski definition) is 2. The van der Waals surface area contributed by atoms with Gasteiger partial charge in [0.25, 0.3) is 5.91 Å². The number of anilines is 2. The Hall–Kier alpha value is -2.00. The van der Waals surface area contributed by atoms with Crippen LogP contribution in [-0.2, 0) is 0 Å². The lowest BCUT2D eigenvalue weighted by Gasteiger charge is -2.09. The van der Waals surface area contributed by atoms with Crippen LogP contribution < -0.4 is 10.6 Å². The molecule has 1 amide bonds. The van der Waals surface area contributed by atoms with Crippen LogP contribution in [0.4, 0.5) is 11.4 Å². The summed E-state index contributed by atoms with van der Waals surface area (Å²) < 4.78 is 0. The number of hydrogen-bond acceptors (Lipinski definition) is 2. The fourth-order valence-corrected chi connectivity index (χ4v) is 1.76. The average Bonchev–Trinajstić information content (AvgIpc) is 2.41. The van der Waals surface area contributed by atoms with E-state index in [2.05, 4.69) is 10.6 Å². The Labute approximate surface area is 111 Å². The van der Waals surface area contributed by atoms with E-state index in [0.29, 0.717) is 10.6 Å². The van der Waals surface area contributed by atoms with Crippen molar-refractivity contribution in [1.82, 2.24) is 0 Å². The number of benzene rings is 2. The molecular weight excluding hydrogens is 248 g/mol. The summed E-state index contributed by atoms with van der Waals surface area (Å²) in [6.45, 7) is 0. The predicted molar refractivity (Wildman–Crippen MR) is 75.4 cm³/mol. The Kier molecular flexibility index (Phi) is 3.85. The zero-order valence-corrected chi connectivity index (χ0v) is 10.7. The Bertz CT molecular complexity index is 552. The molecule has 18 heavy (non-hydrogen) atoms. The van der Waals surface area contributed by atoms with Gasteiger partial charge in [-0.1, -0.05) is 23.7 Å². The third-order valence-electron chi connectivity index (χ3n) is 2.54. The van der Waals surface area contributed by atoms with Crippen molar-refractivity contribution in [2.24, 2.45) is 0 Å². The Morgan fingerprint density at radius 3 is 2.39 bits per heavy atom. The first-order valence-electron chi connectivity index (χ1n) is 5.54. The first-order chi connectivity index (χ1) is 8.70. The van der Waals surface area contributed by atoms with Crippen molar-refractivity contribution in [3.63, 3.8) is 0 Å². The molecule has 2 rings (SSSR count). The summed E-state index contributed by atoms with van der Waals surface area (Å²) in [6.07, 6.45) is 0. The molecular formula is C14H13ClN2O. The highest BCUT2D eigenvalue weighted by molar-refractivity contribution is 6.30.